The Balaban J connectivity index is 1.92. The lowest BCUT2D eigenvalue weighted by Gasteiger charge is -2.21. The van der Waals surface area contributed by atoms with Crippen LogP contribution in [0.2, 0.25) is 0 Å². The zero-order valence-corrected chi connectivity index (χ0v) is 19.2. The van der Waals surface area contributed by atoms with Crippen molar-refractivity contribution in [1.29, 1.82) is 0 Å². The first-order valence-corrected chi connectivity index (χ1v) is 10.6. The summed E-state index contributed by atoms with van der Waals surface area (Å²) in [4.78, 5) is 18.9. The molecule has 2 rings (SSSR count). The van der Waals surface area contributed by atoms with Gasteiger partial charge in [-0.15, -0.1) is 0 Å². The quantitative estimate of drug-likeness (QED) is 0.339. The fraction of sp³-hybridized carbons (Fsp3) is 0.636. The van der Waals surface area contributed by atoms with Crippen molar-refractivity contribution in [2.75, 3.05) is 51.8 Å². The van der Waals surface area contributed by atoms with Gasteiger partial charge in [0.1, 0.15) is 11.5 Å². The zero-order valence-electron chi connectivity index (χ0n) is 19.2. The molecule has 1 aliphatic rings. The smallest absolute Gasteiger partial charge is 0.225 e. The Kier molecular flexibility index (Phi) is 8.62. The first-order valence-electron chi connectivity index (χ1n) is 10.6. The summed E-state index contributed by atoms with van der Waals surface area (Å²) in [5.41, 5.74) is 0.699. The fourth-order valence-corrected chi connectivity index (χ4v) is 3.20. The Bertz CT molecular complexity index is 708. The SMILES string of the molecule is CCNC(=NCCNC(=O)C(C)(C)C)NC1CCN(c2cc(OC)cc(OC)c2)C1. The molecule has 1 unspecified atom stereocenters. The molecule has 0 radical (unpaired) electrons. The Labute approximate surface area is 180 Å². The molecular weight excluding hydrogens is 382 g/mol. The number of methoxy groups -OCH3 is 2. The monoisotopic (exact) mass is 419 g/mol. The summed E-state index contributed by atoms with van der Waals surface area (Å²) in [5, 5.41) is 9.73. The van der Waals surface area contributed by atoms with E-state index in [2.05, 4.69) is 25.8 Å². The van der Waals surface area contributed by atoms with E-state index in [0.29, 0.717) is 13.1 Å². The van der Waals surface area contributed by atoms with E-state index in [0.717, 1.165) is 49.2 Å². The lowest BCUT2D eigenvalue weighted by Crippen LogP contribution is -2.45. The Morgan fingerprint density at radius 2 is 1.83 bits per heavy atom. The van der Waals surface area contributed by atoms with E-state index in [4.69, 9.17) is 9.47 Å². The van der Waals surface area contributed by atoms with E-state index >= 15 is 0 Å². The molecule has 0 bridgehead atoms. The maximum atomic E-state index is 12.0. The molecule has 1 atom stereocenters. The van der Waals surface area contributed by atoms with Crippen LogP contribution < -0.4 is 30.3 Å². The van der Waals surface area contributed by atoms with Crippen LogP contribution >= 0.6 is 0 Å². The van der Waals surface area contributed by atoms with Crippen molar-refractivity contribution in [2.45, 2.75) is 40.2 Å². The molecule has 8 heteroatoms. The summed E-state index contributed by atoms with van der Waals surface area (Å²) in [7, 11) is 3.33. The molecule has 1 saturated heterocycles. The maximum absolute atomic E-state index is 12.0. The molecule has 1 heterocycles. The van der Waals surface area contributed by atoms with Crippen molar-refractivity contribution in [2.24, 2.45) is 10.4 Å². The third-order valence-corrected chi connectivity index (χ3v) is 4.92. The predicted octanol–water partition coefficient (Wildman–Crippen LogP) is 2.00. The van der Waals surface area contributed by atoms with Crippen LogP contribution in [0.15, 0.2) is 23.2 Å². The minimum atomic E-state index is -0.386. The topological polar surface area (TPSA) is 87.2 Å². The highest BCUT2D eigenvalue weighted by molar-refractivity contribution is 5.82. The van der Waals surface area contributed by atoms with Crippen molar-refractivity contribution in [3.8, 4) is 11.5 Å². The average molecular weight is 420 g/mol. The highest BCUT2D eigenvalue weighted by Crippen LogP contribution is 2.30. The number of rotatable bonds is 8. The normalized spacial score (nSPS) is 16.9. The Morgan fingerprint density at radius 3 is 2.40 bits per heavy atom. The molecule has 1 aliphatic heterocycles. The lowest BCUT2D eigenvalue weighted by molar-refractivity contribution is -0.128. The predicted molar refractivity (Wildman–Crippen MR) is 122 cm³/mol. The molecule has 1 aromatic rings. The number of amides is 1. The van der Waals surface area contributed by atoms with E-state index in [-0.39, 0.29) is 17.4 Å². The maximum Gasteiger partial charge on any atom is 0.225 e. The summed E-state index contributed by atoms with van der Waals surface area (Å²) in [5.74, 6) is 2.38. The van der Waals surface area contributed by atoms with Crippen LogP contribution in [-0.4, -0.2) is 64.9 Å². The number of nitrogens with zero attached hydrogens (tertiary/aromatic N) is 2. The Hall–Kier alpha value is -2.64. The largest absolute Gasteiger partial charge is 0.497 e. The van der Waals surface area contributed by atoms with E-state index in [1.54, 1.807) is 14.2 Å². The number of benzene rings is 1. The van der Waals surface area contributed by atoms with Gasteiger partial charge in [0.05, 0.1) is 20.8 Å². The number of carbonyl (C=O) groups excluding carboxylic acids is 1. The number of nitrogens with one attached hydrogen (secondary N) is 3. The van der Waals surface area contributed by atoms with Crippen molar-refractivity contribution in [1.82, 2.24) is 16.0 Å². The minimum Gasteiger partial charge on any atom is -0.497 e. The van der Waals surface area contributed by atoms with Gasteiger partial charge < -0.3 is 30.3 Å². The molecule has 8 nitrogen and oxygen atoms in total. The summed E-state index contributed by atoms with van der Waals surface area (Å²) in [6.07, 6.45) is 1.00. The number of aliphatic imine (C=N–C) groups is 1. The van der Waals surface area contributed by atoms with Gasteiger partial charge in [0, 0.05) is 61.5 Å². The van der Waals surface area contributed by atoms with Gasteiger partial charge in [-0.2, -0.15) is 0 Å². The van der Waals surface area contributed by atoms with Gasteiger partial charge in [0.15, 0.2) is 5.96 Å². The summed E-state index contributed by atoms with van der Waals surface area (Å²) >= 11 is 0. The van der Waals surface area contributed by atoms with Gasteiger partial charge in [-0.05, 0) is 13.3 Å². The van der Waals surface area contributed by atoms with Crippen LogP contribution in [0.3, 0.4) is 0 Å². The molecule has 0 aliphatic carbocycles. The Morgan fingerprint density at radius 1 is 1.17 bits per heavy atom. The molecule has 0 saturated carbocycles. The van der Waals surface area contributed by atoms with Crippen molar-refractivity contribution >= 4 is 17.6 Å². The molecule has 168 valence electrons. The number of carbonyl (C=O) groups is 1. The van der Waals surface area contributed by atoms with Crippen molar-refractivity contribution in [3.63, 3.8) is 0 Å². The van der Waals surface area contributed by atoms with Gasteiger partial charge in [-0.1, -0.05) is 20.8 Å². The zero-order chi connectivity index (χ0) is 22.1. The molecular formula is C22H37N5O3. The average Bonchev–Trinajstić information content (AvgIpc) is 3.18. The summed E-state index contributed by atoms with van der Waals surface area (Å²) in [6.45, 7) is 11.4. The van der Waals surface area contributed by atoms with Crippen LogP contribution in [0.1, 0.15) is 34.1 Å². The van der Waals surface area contributed by atoms with Crippen LogP contribution in [-0.2, 0) is 4.79 Å². The van der Waals surface area contributed by atoms with Crippen LogP contribution in [0.5, 0.6) is 11.5 Å². The van der Waals surface area contributed by atoms with E-state index in [9.17, 15) is 4.79 Å². The highest BCUT2D eigenvalue weighted by Gasteiger charge is 2.24. The number of hydrogen-bond acceptors (Lipinski definition) is 5. The second-order valence-corrected chi connectivity index (χ2v) is 8.41. The summed E-state index contributed by atoms with van der Waals surface area (Å²) < 4.78 is 10.8. The molecule has 1 aromatic carbocycles. The number of anilines is 1. The number of hydrogen-bond donors (Lipinski definition) is 3. The molecule has 1 fully saturated rings. The van der Waals surface area contributed by atoms with Crippen LogP contribution in [0.4, 0.5) is 5.69 Å². The second kappa shape index (κ2) is 10.9. The third kappa shape index (κ3) is 7.00. The minimum absolute atomic E-state index is 0.0378. The standard InChI is InChI=1S/C22H37N5O3/c1-7-23-21(25-10-9-24-20(28)22(2,3)4)26-16-8-11-27(15-16)17-12-18(29-5)14-19(13-17)30-6/h12-14,16H,7-11,15H2,1-6H3,(H,24,28)(H2,23,25,26). The fourth-order valence-electron chi connectivity index (χ4n) is 3.20. The summed E-state index contributed by atoms with van der Waals surface area (Å²) in [6, 6.07) is 6.22. The number of guanidine groups is 1. The number of ether oxygens (including phenoxy) is 2. The second-order valence-electron chi connectivity index (χ2n) is 8.41. The van der Waals surface area contributed by atoms with Crippen molar-refractivity contribution < 1.29 is 14.3 Å². The first-order chi connectivity index (χ1) is 14.3. The van der Waals surface area contributed by atoms with Gasteiger partial charge in [-0.25, -0.2) is 0 Å². The highest BCUT2D eigenvalue weighted by atomic mass is 16.5. The lowest BCUT2D eigenvalue weighted by atomic mass is 9.96. The third-order valence-electron chi connectivity index (χ3n) is 4.92. The molecule has 3 N–H and O–H groups in total. The molecule has 30 heavy (non-hydrogen) atoms. The van der Waals surface area contributed by atoms with E-state index in [1.807, 2.05) is 45.9 Å². The van der Waals surface area contributed by atoms with Crippen LogP contribution in [0.25, 0.3) is 0 Å². The first kappa shape index (κ1) is 23.6. The van der Waals surface area contributed by atoms with Crippen molar-refractivity contribution in [3.05, 3.63) is 18.2 Å². The molecule has 0 spiro atoms. The molecule has 1 amide bonds. The van der Waals surface area contributed by atoms with Gasteiger partial charge in [0.25, 0.3) is 0 Å². The van der Waals surface area contributed by atoms with Crippen LogP contribution in [0, 0.1) is 5.41 Å². The van der Waals surface area contributed by atoms with Gasteiger partial charge in [-0.3, -0.25) is 9.79 Å². The van der Waals surface area contributed by atoms with E-state index in [1.165, 1.54) is 0 Å². The van der Waals surface area contributed by atoms with E-state index < -0.39 is 0 Å². The molecule has 0 aromatic heterocycles. The van der Waals surface area contributed by atoms with Gasteiger partial charge >= 0.3 is 0 Å². The van der Waals surface area contributed by atoms with Gasteiger partial charge in [0.2, 0.25) is 5.91 Å².